The molecule has 4 heteroatoms. The lowest BCUT2D eigenvalue weighted by Gasteiger charge is -2.25. The average molecular weight is 334 g/mol. The van der Waals surface area contributed by atoms with Crippen LogP contribution in [0.4, 0.5) is 0 Å². The van der Waals surface area contributed by atoms with Gasteiger partial charge in [0.1, 0.15) is 5.75 Å². The van der Waals surface area contributed by atoms with Gasteiger partial charge in [-0.2, -0.15) is 5.26 Å². The van der Waals surface area contributed by atoms with Crippen LogP contribution in [0, 0.1) is 18.3 Å². The lowest BCUT2D eigenvalue weighted by molar-refractivity contribution is 0.0736. The quantitative estimate of drug-likeness (QED) is 0.856. The van der Waals surface area contributed by atoms with Crippen molar-refractivity contribution in [1.29, 1.82) is 5.26 Å². The molecule has 1 heterocycles. The third-order valence-electron chi connectivity index (χ3n) is 4.81. The predicted octanol–water partition coefficient (Wildman–Crippen LogP) is 3.72. The van der Waals surface area contributed by atoms with Crippen LogP contribution >= 0.6 is 0 Å². The minimum Gasteiger partial charge on any atom is -0.496 e. The minimum absolute atomic E-state index is 0.0184. The first-order chi connectivity index (χ1) is 12.1. The van der Waals surface area contributed by atoms with Gasteiger partial charge in [-0.25, -0.2) is 0 Å². The lowest BCUT2D eigenvalue weighted by atomic mass is 10.0. The molecule has 0 radical (unpaired) electrons. The molecule has 1 aliphatic heterocycles. The zero-order chi connectivity index (χ0) is 17.8. The van der Waals surface area contributed by atoms with Crippen molar-refractivity contribution in [2.75, 3.05) is 13.7 Å². The first-order valence-electron chi connectivity index (χ1n) is 8.57. The summed E-state index contributed by atoms with van der Waals surface area (Å²) in [5.41, 5.74) is 3.44. The number of rotatable bonds is 4. The van der Waals surface area contributed by atoms with E-state index in [0.717, 1.165) is 37.1 Å². The first kappa shape index (κ1) is 17.0. The van der Waals surface area contributed by atoms with Crippen LogP contribution in [0.1, 0.15) is 39.9 Å². The summed E-state index contributed by atoms with van der Waals surface area (Å²) < 4.78 is 5.32. The Kier molecular flexibility index (Phi) is 5.04. The normalized spacial score (nSPS) is 16.5. The average Bonchev–Trinajstić information content (AvgIpc) is 3.09. The van der Waals surface area contributed by atoms with E-state index >= 15 is 0 Å². The standard InChI is InChI=1S/C21H22N2O2/c1-15-11-16(8-9-20(15)25-2)13-19-7-4-10-23(19)21(24)18-6-3-5-17(12-18)14-22/h3,5-6,8-9,11-12,19H,4,7,10,13H2,1-2H3. The number of hydrogen-bond acceptors (Lipinski definition) is 3. The van der Waals surface area contributed by atoms with Crippen molar-refractivity contribution in [2.24, 2.45) is 0 Å². The van der Waals surface area contributed by atoms with Crippen LogP contribution in [0.5, 0.6) is 5.75 Å². The Bertz CT molecular complexity index is 823. The number of aryl methyl sites for hydroxylation is 1. The number of nitrogens with zero attached hydrogens (tertiary/aromatic N) is 2. The highest BCUT2D eigenvalue weighted by Gasteiger charge is 2.29. The van der Waals surface area contributed by atoms with Gasteiger partial charge < -0.3 is 9.64 Å². The highest BCUT2D eigenvalue weighted by atomic mass is 16.5. The van der Waals surface area contributed by atoms with Gasteiger partial charge in [-0.15, -0.1) is 0 Å². The van der Waals surface area contributed by atoms with Gasteiger partial charge in [0.25, 0.3) is 5.91 Å². The van der Waals surface area contributed by atoms with E-state index in [4.69, 9.17) is 10.00 Å². The number of carbonyl (C=O) groups excluding carboxylic acids is 1. The molecule has 4 nitrogen and oxygen atoms in total. The van der Waals surface area contributed by atoms with Gasteiger partial charge >= 0.3 is 0 Å². The second kappa shape index (κ2) is 7.40. The van der Waals surface area contributed by atoms with E-state index in [2.05, 4.69) is 18.2 Å². The Morgan fingerprint density at radius 3 is 2.88 bits per heavy atom. The molecule has 1 atom stereocenters. The van der Waals surface area contributed by atoms with Crippen molar-refractivity contribution in [3.63, 3.8) is 0 Å². The molecule has 2 aromatic carbocycles. The van der Waals surface area contributed by atoms with Crippen molar-refractivity contribution in [3.05, 3.63) is 64.7 Å². The van der Waals surface area contributed by atoms with Crippen molar-refractivity contribution >= 4 is 5.91 Å². The monoisotopic (exact) mass is 334 g/mol. The zero-order valence-electron chi connectivity index (χ0n) is 14.7. The maximum absolute atomic E-state index is 12.9. The largest absolute Gasteiger partial charge is 0.496 e. The summed E-state index contributed by atoms with van der Waals surface area (Å²) >= 11 is 0. The number of methoxy groups -OCH3 is 1. The van der Waals surface area contributed by atoms with E-state index < -0.39 is 0 Å². The van der Waals surface area contributed by atoms with Crippen molar-refractivity contribution in [3.8, 4) is 11.8 Å². The molecule has 1 amide bonds. The summed E-state index contributed by atoms with van der Waals surface area (Å²) in [6.45, 7) is 2.81. The molecule has 25 heavy (non-hydrogen) atoms. The SMILES string of the molecule is COc1ccc(CC2CCCN2C(=O)c2cccc(C#N)c2)cc1C. The summed E-state index contributed by atoms with van der Waals surface area (Å²) in [6.07, 6.45) is 2.87. The van der Waals surface area contributed by atoms with Gasteiger partial charge in [-0.05, 0) is 61.6 Å². The molecule has 1 fully saturated rings. The van der Waals surface area contributed by atoms with E-state index in [1.54, 1.807) is 31.4 Å². The number of likely N-dealkylation sites (tertiary alicyclic amines) is 1. The maximum Gasteiger partial charge on any atom is 0.254 e. The van der Waals surface area contributed by atoms with Gasteiger partial charge in [0.05, 0.1) is 18.7 Å². The fourth-order valence-electron chi connectivity index (χ4n) is 3.54. The summed E-state index contributed by atoms with van der Waals surface area (Å²) in [6, 6.07) is 15.4. The molecule has 1 unspecified atom stereocenters. The number of carbonyl (C=O) groups is 1. The molecule has 0 saturated carbocycles. The van der Waals surface area contributed by atoms with Gasteiger partial charge in [0, 0.05) is 18.2 Å². The van der Waals surface area contributed by atoms with Crippen LogP contribution < -0.4 is 4.74 Å². The Morgan fingerprint density at radius 1 is 1.32 bits per heavy atom. The molecule has 0 N–H and O–H groups in total. The molecule has 0 aromatic heterocycles. The summed E-state index contributed by atoms with van der Waals surface area (Å²) in [4.78, 5) is 14.8. The number of ether oxygens (including phenoxy) is 1. The Labute approximate surface area is 148 Å². The number of amides is 1. The molecule has 1 saturated heterocycles. The van der Waals surface area contributed by atoms with E-state index in [-0.39, 0.29) is 11.9 Å². The Morgan fingerprint density at radius 2 is 2.16 bits per heavy atom. The molecule has 128 valence electrons. The van der Waals surface area contributed by atoms with Crippen molar-refractivity contribution < 1.29 is 9.53 Å². The van der Waals surface area contributed by atoms with Crippen LogP contribution in [0.25, 0.3) is 0 Å². The summed E-state index contributed by atoms with van der Waals surface area (Å²) in [5.74, 6) is 0.904. The van der Waals surface area contributed by atoms with Gasteiger partial charge in [-0.3, -0.25) is 4.79 Å². The van der Waals surface area contributed by atoms with Crippen LogP contribution in [-0.2, 0) is 6.42 Å². The number of benzene rings is 2. The molecule has 2 aromatic rings. The molecule has 0 spiro atoms. The van der Waals surface area contributed by atoms with Gasteiger partial charge in [0.2, 0.25) is 0 Å². The highest BCUT2D eigenvalue weighted by Crippen LogP contribution is 2.26. The lowest BCUT2D eigenvalue weighted by Crippen LogP contribution is -2.36. The maximum atomic E-state index is 12.9. The van der Waals surface area contributed by atoms with Crippen molar-refractivity contribution in [2.45, 2.75) is 32.2 Å². The van der Waals surface area contributed by atoms with E-state index in [9.17, 15) is 4.79 Å². The molecular weight excluding hydrogens is 312 g/mol. The zero-order valence-corrected chi connectivity index (χ0v) is 14.7. The molecule has 0 bridgehead atoms. The van der Waals surface area contributed by atoms with Crippen LogP contribution in [-0.4, -0.2) is 30.5 Å². The summed E-state index contributed by atoms with van der Waals surface area (Å²) in [5, 5.41) is 9.04. The van der Waals surface area contributed by atoms with Crippen LogP contribution in [0.2, 0.25) is 0 Å². The van der Waals surface area contributed by atoms with Crippen LogP contribution in [0.15, 0.2) is 42.5 Å². The molecule has 0 aliphatic carbocycles. The fourth-order valence-corrected chi connectivity index (χ4v) is 3.54. The topological polar surface area (TPSA) is 53.3 Å². The van der Waals surface area contributed by atoms with Crippen molar-refractivity contribution in [1.82, 2.24) is 4.90 Å². The smallest absolute Gasteiger partial charge is 0.254 e. The Balaban J connectivity index is 1.77. The third kappa shape index (κ3) is 3.66. The Hall–Kier alpha value is -2.80. The molecule has 1 aliphatic rings. The van der Waals surface area contributed by atoms with E-state index in [1.165, 1.54) is 5.56 Å². The molecule has 3 rings (SSSR count). The minimum atomic E-state index is 0.0184. The van der Waals surface area contributed by atoms with E-state index in [0.29, 0.717) is 11.1 Å². The number of hydrogen-bond donors (Lipinski definition) is 0. The fraction of sp³-hybridized carbons (Fsp3) is 0.333. The molecular formula is C21H22N2O2. The van der Waals surface area contributed by atoms with Gasteiger partial charge in [-0.1, -0.05) is 18.2 Å². The van der Waals surface area contributed by atoms with Gasteiger partial charge in [0.15, 0.2) is 0 Å². The first-order valence-corrected chi connectivity index (χ1v) is 8.57. The predicted molar refractivity (Wildman–Crippen MR) is 96.7 cm³/mol. The van der Waals surface area contributed by atoms with Crippen LogP contribution in [0.3, 0.4) is 0 Å². The number of nitriles is 1. The second-order valence-electron chi connectivity index (χ2n) is 6.50. The third-order valence-corrected chi connectivity index (χ3v) is 4.81. The highest BCUT2D eigenvalue weighted by molar-refractivity contribution is 5.95. The van der Waals surface area contributed by atoms with E-state index in [1.807, 2.05) is 17.9 Å². The summed E-state index contributed by atoms with van der Waals surface area (Å²) in [7, 11) is 1.68. The second-order valence-corrected chi connectivity index (χ2v) is 6.50.